The summed E-state index contributed by atoms with van der Waals surface area (Å²) in [6.45, 7) is 2.34. The largest absolute Gasteiger partial charge is 0.316 e. The lowest BCUT2D eigenvalue weighted by molar-refractivity contribution is 0.223. The normalized spacial score (nSPS) is 24.6. The molecule has 1 aliphatic rings. The van der Waals surface area contributed by atoms with Gasteiger partial charge in [-0.25, -0.2) is 0 Å². The van der Waals surface area contributed by atoms with E-state index in [0.717, 1.165) is 11.8 Å². The lowest BCUT2D eigenvalue weighted by atomic mass is 9.77. The van der Waals surface area contributed by atoms with E-state index >= 15 is 0 Å². The van der Waals surface area contributed by atoms with E-state index in [2.05, 4.69) is 59.5 Å². The van der Waals surface area contributed by atoms with Crippen LogP contribution in [-0.4, -0.2) is 18.8 Å². The van der Waals surface area contributed by atoms with Crippen LogP contribution in [-0.2, 0) is 0 Å². The van der Waals surface area contributed by atoms with Crippen molar-refractivity contribution in [2.75, 3.05) is 12.8 Å². The SMILES string of the molecule is CCC1CCCC(C(CSc2ccccc2Br)NC)C1. The summed E-state index contributed by atoms with van der Waals surface area (Å²) < 4.78 is 1.22. The van der Waals surface area contributed by atoms with E-state index in [1.54, 1.807) is 0 Å². The molecule has 0 radical (unpaired) electrons. The first kappa shape index (κ1) is 16.4. The van der Waals surface area contributed by atoms with Crippen molar-refractivity contribution >= 4 is 27.7 Å². The fraction of sp³-hybridized carbons (Fsp3) is 0.647. The van der Waals surface area contributed by atoms with E-state index in [1.165, 1.54) is 47.2 Å². The fourth-order valence-electron chi connectivity index (χ4n) is 3.27. The molecule has 1 aromatic rings. The van der Waals surface area contributed by atoms with Gasteiger partial charge in [0.15, 0.2) is 0 Å². The molecule has 0 spiro atoms. The smallest absolute Gasteiger partial charge is 0.0311 e. The third kappa shape index (κ3) is 4.51. The number of hydrogen-bond donors (Lipinski definition) is 1. The van der Waals surface area contributed by atoms with Crippen molar-refractivity contribution in [3.8, 4) is 0 Å². The maximum absolute atomic E-state index is 3.64. The van der Waals surface area contributed by atoms with Gasteiger partial charge < -0.3 is 5.32 Å². The van der Waals surface area contributed by atoms with Crippen LogP contribution in [0.25, 0.3) is 0 Å². The highest BCUT2D eigenvalue weighted by Crippen LogP contribution is 2.35. The lowest BCUT2D eigenvalue weighted by Crippen LogP contribution is -2.38. The average molecular weight is 356 g/mol. The van der Waals surface area contributed by atoms with Gasteiger partial charge in [0.2, 0.25) is 0 Å². The summed E-state index contributed by atoms with van der Waals surface area (Å²) >= 11 is 5.62. The van der Waals surface area contributed by atoms with Crippen LogP contribution in [0.3, 0.4) is 0 Å². The molecule has 20 heavy (non-hydrogen) atoms. The summed E-state index contributed by atoms with van der Waals surface area (Å²) in [5, 5.41) is 3.57. The van der Waals surface area contributed by atoms with E-state index in [9.17, 15) is 0 Å². The van der Waals surface area contributed by atoms with Crippen LogP contribution in [0.2, 0.25) is 0 Å². The molecule has 0 amide bonds. The van der Waals surface area contributed by atoms with Crippen molar-refractivity contribution in [3.63, 3.8) is 0 Å². The molecule has 3 heteroatoms. The molecule has 0 aromatic heterocycles. The molecule has 1 fully saturated rings. The number of nitrogens with one attached hydrogen (secondary N) is 1. The number of rotatable bonds is 6. The molecule has 2 rings (SSSR count). The topological polar surface area (TPSA) is 12.0 Å². The predicted octanol–water partition coefficient (Wildman–Crippen LogP) is 5.35. The van der Waals surface area contributed by atoms with Gasteiger partial charge in [-0.1, -0.05) is 38.3 Å². The van der Waals surface area contributed by atoms with Crippen molar-refractivity contribution in [1.29, 1.82) is 0 Å². The summed E-state index contributed by atoms with van der Waals surface area (Å²) in [6, 6.07) is 9.18. The molecule has 0 heterocycles. The summed E-state index contributed by atoms with van der Waals surface area (Å²) in [7, 11) is 2.13. The maximum Gasteiger partial charge on any atom is 0.0311 e. The zero-order valence-corrected chi connectivity index (χ0v) is 15.0. The second-order valence-corrected chi connectivity index (χ2v) is 7.75. The van der Waals surface area contributed by atoms with Crippen molar-refractivity contribution < 1.29 is 0 Å². The van der Waals surface area contributed by atoms with E-state index in [4.69, 9.17) is 0 Å². The van der Waals surface area contributed by atoms with Gasteiger partial charge in [-0.3, -0.25) is 0 Å². The van der Waals surface area contributed by atoms with E-state index in [1.807, 2.05) is 11.8 Å². The van der Waals surface area contributed by atoms with E-state index in [-0.39, 0.29) is 0 Å². The Morgan fingerprint density at radius 1 is 1.35 bits per heavy atom. The second-order valence-electron chi connectivity index (χ2n) is 5.84. The van der Waals surface area contributed by atoms with Crippen LogP contribution in [0.15, 0.2) is 33.6 Å². The van der Waals surface area contributed by atoms with Crippen LogP contribution in [0.5, 0.6) is 0 Å². The molecule has 1 aromatic carbocycles. The first-order valence-corrected chi connectivity index (χ1v) is 9.57. The second kappa shape index (κ2) is 8.45. The minimum Gasteiger partial charge on any atom is -0.316 e. The van der Waals surface area contributed by atoms with Gasteiger partial charge >= 0.3 is 0 Å². The summed E-state index contributed by atoms with van der Waals surface area (Å²) in [5.74, 6) is 2.98. The van der Waals surface area contributed by atoms with Gasteiger partial charge in [0, 0.05) is 21.2 Å². The Kier molecular flexibility index (Phi) is 6.92. The lowest BCUT2D eigenvalue weighted by Gasteiger charge is -2.34. The quantitative estimate of drug-likeness (QED) is 0.690. The summed E-state index contributed by atoms with van der Waals surface area (Å²) in [5.41, 5.74) is 0. The van der Waals surface area contributed by atoms with E-state index in [0.29, 0.717) is 6.04 Å². The third-order valence-electron chi connectivity index (χ3n) is 4.60. The van der Waals surface area contributed by atoms with Gasteiger partial charge in [-0.05, 0) is 59.8 Å². The predicted molar refractivity (Wildman–Crippen MR) is 93.5 cm³/mol. The van der Waals surface area contributed by atoms with Gasteiger partial charge in [0.1, 0.15) is 0 Å². The summed E-state index contributed by atoms with van der Waals surface area (Å²) in [6.07, 6.45) is 7.03. The van der Waals surface area contributed by atoms with Crippen LogP contribution < -0.4 is 5.32 Å². The minimum atomic E-state index is 0.640. The maximum atomic E-state index is 3.64. The minimum absolute atomic E-state index is 0.640. The van der Waals surface area contributed by atoms with Crippen molar-refractivity contribution in [3.05, 3.63) is 28.7 Å². The van der Waals surface area contributed by atoms with Crippen molar-refractivity contribution in [2.45, 2.75) is 50.0 Å². The number of thioether (sulfide) groups is 1. The first-order valence-electron chi connectivity index (χ1n) is 7.79. The Hall–Kier alpha value is 0.01000. The van der Waals surface area contributed by atoms with Gasteiger partial charge in [-0.15, -0.1) is 11.8 Å². The number of hydrogen-bond acceptors (Lipinski definition) is 2. The Morgan fingerprint density at radius 3 is 2.85 bits per heavy atom. The molecule has 1 N–H and O–H groups in total. The molecule has 0 saturated heterocycles. The molecule has 1 saturated carbocycles. The Bertz CT molecular complexity index is 410. The van der Waals surface area contributed by atoms with E-state index < -0.39 is 0 Å². The zero-order valence-electron chi connectivity index (χ0n) is 12.6. The average Bonchev–Trinajstić information content (AvgIpc) is 2.50. The Balaban J connectivity index is 1.90. The van der Waals surface area contributed by atoms with Gasteiger partial charge in [0.25, 0.3) is 0 Å². The molecule has 0 bridgehead atoms. The monoisotopic (exact) mass is 355 g/mol. The van der Waals surface area contributed by atoms with Crippen LogP contribution in [0.4, 0.5) is 0 Å². The van der Waals surface area contributed by atoms with Crippen LogP contribution in [0.1, 0.15) is 39.0 Å². The van der Waals surface area contributed by atoms with Crippen molar-refractivity contribution in [1.82, 2.24) is 5.32 Å². The molecule has 1 nitrogen and oxygen atoms in total. The molecule has 1 aliphatic carbocycles. The third-order valence-corrected chi connectivity index (χ3v) is 6.74. The van der Waals surface area contributed by atoms with Crippen LogP contribution in [0, 0.1) is 11.8 Å². The first-order chi connectivity index (χ1) is 9.74. The van der Waals surface area contributed by atoms with Gasteiger partial charge in [0.05, 0.1) is 0 Å². The molecule has 3 unspecified atom stereocenters. The number of benzene rings is 1. The highest BCUT2D eigenvalue weighted by Gasteiger charge is 2.26. The van der Waals surface area contributed by atoms with Crippen LogP contribution >= 0.6 is 27.7 Å². The molecule has 0 aliphatic heterocycles. The molecular formula is C17H26BrNS. The standard InChI is InChI=1S/C17H26BrNS/c1-3-13-7-6-8-14(11-13)16(19-2)12-20-17-10-5-4-9-15(17)18/h4-5,9-10,13-14,16,19H,3,6-8,11-12H2,1-2H3. The Morgan fingerprint density at radius 2 is 2.15 bits per heavy atom. The molecule has 112 valence electrons. The van der Waals surface area contributed by atoms with Gasteiger partial charge in [-0.2, -0.15) is 0 Å². The fourth-order valence-corrected chi connectivity index (χ4v) is 5.07. The Labute approximate surface area is 136 Å². The number of halogens is 1. The van der Waals surface area contributed by atoms with Crippen molar-refractivity contribution in [2.24, 2.45) is 11.8 Å². The highest BCUT2D eigenvalue weighted by atomic mass is 79.9. The summed E-state index contributed by atoms with van der Waals surface area (Å²) in [4.78, 5) is 1.36. The molecule has 3 atom stereocenters. The molecular weight excluding hydrogens is 330 g/mol. The highest BCUT2D eigenvalue weighted by molar-refractivity contribution is 9.10. The zero-order chi connectivity index (χ0) is 14.4.